The van der Waals surface area contributed by atoms with Crippen molar-refractivity contribution in [3.8, 4) is 0 Å². The van der Waals surface area contributed by atoms with Crippen molar-refractivity contribution in [1.82, 2.24) is 5.32 Å². The number of unbranched alkanes of at least 4 members (excludes halogenated alkanes) is 27. The quantitative estimate of drug-likeness (QED) is 0.0195. The number of hydrogen-bond donors (Lipinski definition) is 6. The molecule has 0 bridgehead atoms. The van der Waals surface area contributed by atoms with Gasteiger partial charge in [-0.05, 0) is 89.9 Å². The van der Waals surface area contributed by atoms with E-state index < -0.39 is 67.4 Å². The van der Waals surface area contributed by atoms with E-state index in [2.05, 4.69) is 74.7 Å². The predicted octanol–water partition coefficient (Wildman–Crippen LogP) is 13.4. The van der Waals surface area contributed by atoms with Crippen molar-refractivity contribution in [3.05, 3.63) is 60.8 Å². The average Bonchev–Trinajstić information content (AvgIpc) is 3.38. The Kier molecular flexibility index (Phi) is 46.1. The Morgan fingerprint density at radius 2 is 0.958 bits per heavy atom. The number of amides is 1. The molecule has 0 radical (unpaired) electrons. The van der Waals surface area contributed by atoms with E-state index in [1.165, 1.54) is 116 Å². The molecule has 11 nitrogen and oxygen atoms in total. The molecule has 1 aliphatic rings. The number of aliphatic hydroxyl groups excluding tert-OH is 5. The summed E-state index contributed by atoms with van der Waals surface area (Å²) in [6.45, 7) is 5.72. The Balaban J connectivity index is 2.71. The third kappa shape index (κ3) is 37.1. The molecule has 1 fully saturated rings. The van der Waals surface area contributed by atoms with Gasteiger partial charge in [0.05, 0.1) is 25.4 Å². The fraction of sp³-hybridized carbons (Fsp3) is 0.803. The minimum atomic E-state index is -1.62. The van der Waals surface area contributed by atoms with Gasteiger partial charge in [0.15, 0.2) is 12.4 Å². The van der Waals surface area contributed by atoms with Crippen LogP contribution in [-0.4, -0.2) is 99.6 Å². The third-order valence-corrected chi connectivity index (χ3v) is 13.6. The first-order chi connectivity index (χ1) is 35.2. The molecule has 1 saturated heterocycles. The molecule has 1 heterocycles. The van der Waals surface area contributed by atoms with E-state index in [-0.39, 0.29) is 19.4 Å². The second kappa shape index (κ2) is 49.2. The van der Waals surface area contributed by atoms with Crippen LogP contribution >= 0.6 is 0 Å². The summed E-state index contributed by atoms with van der Waals surface area (Å²) in [5, 5.41) is 56.8. The highest BCUT2D eigenvalue weighted by atomic mass is 16.7. The molecular formula is C61H109NO10. The standard InChI is InChI=1S/C61H109NO10/c1-4-7-10-13-16-19-22-24-25-26-27-28-29-31-34-37-40-43-46-49-56(66)72-59-58(68)57(67)55(50-63)71-61(59)70-51-52(53(64)47-44-41-38-35-32-21-18-15-12-9-6-3)62-60(69)54(65)48-45-42-39-36-33-30-23-20-17-14-11-8-5-2/h16,19,24-25,27-28,33,36,44,47,52-55,57-59,61,63-65,67-68H,4-15,17-18,20-23,26,29-32,34-35,37-43,45-46,48-51H2,1-3H3,(H,62,69)/b19-16-,25-24-,28-27-,36-33-,47-44+. The molecule has 0 aromatic carbocycles. The predicted molar refractivity (Wildman–Crippen MR) is 296 cm³/mol. The van der Waals surface area contributed by atoms with E-state index in [9.17, 15) is 35.1 Å². The van der Waals surface area contributed by atoms with Crippen LogP contribution in [0.15, 0.2) is 60.8 Å². The van der Waals surface area contributed by atoms with Gasteiger partial charge in [-0.2, -0.15) is 0 Å². The first kappa shape index (κ1) is 67.4. The number of esters is 1. The zero-order valence-electron chi connectivity index (χ0n) is 46.0. The monoisotopic (exact) mass is 1020 g/mol. The van der Waals surface area contributed by atoms with Gasteiger partial charge in [-0.25, -0.2) is 0 Å². The van der Waals surface area contributed by atoms with Crippen molar-refractivity contribution in [3.63, 3.8) is 0 Å². The Bertz CT molecular complexity index is 1400. The second-order valence-electron chi connectivity index (χ2n) is 20.4. The number of carbonyl (C=O) groups excluding carboxylic acids is 2. The van der Waals surface area contributed by atoms with E-state index in [4.69, 9.17) is 14.2 Å². The molecule has 72 heavy (non-hydrogen) atoms. The number of allylic oxidation sites excluding steroid dienone is 9. The van der Waals surface area contributed by atoms with Crippen LogP contribution in [0.25, 0.3) is 0 Å². The van der Waals surface area contributed by atoms with Gasteiger partial charge in [-0.15, -0.1) is 0 Å². The van der Waals surface area contributed by atoms with Gasteiger partial charge in [-0.1, -0.05) is 216 Å². The molecule has 11 heteroatoms. The second-order valence-corrected chi connectivity index (χ2v) is 20.4. The van der Waals surface area contributed by atoms with E-state index in [1.807, 2.05) is 6.08 Å². The lowest BCUT2D eigenvalue weighted by Crippen LogP contribution is -2.61. The molecule has 0 aliphatic carbocycles. The summed E-state index contributed by atoms with van der Waals surface area (Å²) in [5.74, 6) is -1.22. The maximum Gasteiger partial charge on any atom is 0.306 e. The van der Waals surface area contributed by atoms with Gasteiger partial charge >= 0.3 is 5.97 Å². The van der Waals surface area contributed by atoms with Gasteiger partial charge in [0, 0.05) is 6.42 Å². The lowest BCUT2D eigenvalue weighted by atomic mass is 9.99. The molecule has 8 atom stereocenters. The molecule has 6 N–H and O–H groups in total. The zero-order chi connectivity index (χ0) is 52.5. The van der Waals surface area contributed by atoms with E-state index in [0.717, 1.165) is 89.9 Å². The fourth-order valence-corrected chi connectivity index (χ4v) is 8.89. The highest BCUT2D eigenvalue weighted by Gasteiger charge is 2.47. The Hall–Kier alpha value is -2.64. The number of hydrogen-bond acceptors (Lipinski definition) is 10. The molecule has 8 unspecified atom stereocenters. The summed E-state index contributed by atoms with van der Waals surface area (Å²) in [5.41, 5.74) is 0. The minimum Gasteiger partial charge on any atom is -0.454 e. The molecule has 1 rings (SSSR count). The number of nitrogens with one attached hydrogen (secondary N) is 1. The van der Waals surface area contributed by atoms with Gasteiger partial charge in [0.2, 0.25) is 5.91 Å². The van der Waals surface area contributed by atoms with Crippen LogP contribution in [0, 0.1) is 0 Å². The summed E-state index contributed by atoms with van der Waals surface area (Å²) in [6.07, 6.45) is 49.8. The summed E-state index contributed by atoms with van der Waals surface area (Å²) in [6, 6.07) is -1.03. The van der Waals surface area contributed by atoms with Crippen LogP contribution in [0.4, 0.5) is 0 Å². The first-order valence-corrected chi connectivity index (χ1v) is 29.6. The number of rotatable bonds is 49. The van der Waals surface area contributed by atoms with Crippen molar-refractivity contribution in [1.29, 1.82) is 0 Å². The van der Waals surface area contributed by atoms with Gasteiger partial charge in [0.1, 0.15) is 24.4 Å². The Morgan fingerprint density at radius 1 is 0.542 bits per heavy atom. The summed E-state index contributed by atoms with van der Waals surface area (Å²) >= 11 is 0. The van der Waals surface area contributed by atoms with Crippen LogP contribution in [0.1, 0.15) is 252 Å². The first-order valence-electron chi connectivity index (χ1n) is 29.6. The molecule has 0 aromatic rings. The lowest BCUT2D eigenvalue weighted by molar-refractivity contribution is -0.305. The number of ether oxygens (including phenoxy) is 3. The van der Waals surface area contributed by atoms with E-state index in [0.29, 0.717) is 12.8 Å². The lowest BCUT2D eigenvalue weighted by Gasteiger charge is -2.41. The number of aliphatic hydroxyl groups is 5. The highest BCUT2D eigenvalue weighted by Crippen LogP contribution is 2.26. The Labute approximate surface area is 439 Å². The van der Waals surface area contributed by atoms with Crippen LogP contribution in [0.3, 0.4) is 0 Å². The van der Waals surface area contributed by atoms with Crippen molar-refractivity contribution in [2.45, 2.75) is 301 Å². The van der Waals surface area contributed by atoms with Crippen molar-refractivity contribution in [2.24, 2.45) is 0 Å². The average molecular weight is 1020 g/mol. The van der Waals surface area contributed by atoms with E-state index >= 15 is 0 Å². The summed E-state index contributed by atoms with van der Waals surface area (Å²) in [4.78, 5) is 26.4. The minimum absolute atomic E-state index is 0.106. The number of carbonyl (C=O) groups is 2. The topological polar surface area (TPSA) is 175 Å². The SMILES string of the molecule is CCCCC/C=C\C/C=C\C/C=C\CCCCCCCCC(=O)OC1C(OCC(NC(=O)C(O)CCCC/C=C\CCCCCCCCC)C(O)/C=C/CCCCCCCCCCC)OC(CO)C(O)C1O. The molecule has 0 saturated carbocycles. The molecule has 418 valence electrons. The molecule has 1 aliphatic heterocycles. The van der Waals surface area contributed by atoms with Crippen LogP contribution in [-0.2, 0) is 23.8 Å². The maximum atomic E-state index is 13.3. The van der Waals surface area contributed by atoms with Gasteiger partial charge in [-0.3, -0.25) is 9.59 Å². The van der Waals surface area contributed by atoms with Crippen LogP contribution in [0.5, 0.6) is 0 Å². The van der Waals surface area contributed by atoms with Crippen molar-refractivity contribution >= 4 is 11.9 Å². The van der Waals surface area contributed by atoms with Crippen molar-refractivity contribution < 1.29 is 49.3 Å². The van der Waals surface area contributed by atoms with Crippen LogP contribution in [0.2, 0.25) is 0 Å². The van der Waals surface area contributed by atoms with Crippen LogP contribution < -0.4 is 5.32 Å². The molecule has 0 spiro atoms. The molecular weight excluding hydrogens is 907 g/mol. The Morgan fingerprint density at radius 3 is 1.47 bits per heavy atom. The van der Waals surface area contributed by atoms with Gasteiger partial charge in [0.25, 0.3) is 0 Å². The smallest absolute Gasteiger partial charge is 0.306 e. The molecule has 1 amide bonds. The molecule has 0 aromatic heterocycles. The summed E-state index contributed by atoms with van der Waals surface area (Å²) in [7, 11) is 0. The van der Waals surface area contributed by atoms with E-state index in [1.54, 1.807) is 6.08 Å². The summed E-state index contributed by atoms with van der Waals surface area (Å²) < 4.78 is 17.6. The maximum absolute atomic E-state index is 13.3. The van der Waals surface area contributed by atoms with Crippen molar-refractivity contribution in [2.75, 3.05) is 13.2 Å². The largest absolute Gasteiger partial charge is 0.454 e. The fourth-order valence-electron chi connectivity index (χ4n) is 8.89. The highest BCUT2D eigenvalue weighted by molar-refractivity contribution is 5.80. The zero-order valence-corrected chi connectivity index (χ0v) is 46.0. The third-order valence-electron chi connectivity index (χ3n) is 13.6. The van der Waals surface area contributed by atoms with Gasteiger partial charge < -0.3 is 45.1 Å². The normalized spacial score (nSPS) is 19.9.